The maximum Gasteiger partial charge on any atom is 0.416 e. The Balaban J connectivity index is 1.38. The van der Waals surface area contributed by atoms with Gasteiger partial charge in [-0.1, -0.05) is 18.2 Å². The molecule has 1 fully saturated rings. The first kappa shape index (κ1) is 34.9. The third-order valence-corrected chi connectivity index (χ3v) is 10.5. The summed E-state index contributed by atoms with van der Waals surface area (Å²) in [6.07, 6.45) is 1.09. The molecule has 1 aliphatic carbocycles. The lowest BCUT2D eigenvalue weighted by Gasteiger charge is -2.39. The lowest BCUT2D eigenvalue weighted by Crippen LogP contribution is -2.46. The van der Waals surface area contributed by atoms with Crippen molar-refractivity contribution < 1.29 is 35.8 Å². The molecule has 48 heavy (non-hydrogen) atoms. The monoisotopic (exact) mass is 685 g/mol. The number of halogens is 3. The number of aryl methyl sites for hydroxylation is 1. The number of alkyl halides is 3. The van der Waals surface area contributed by atoms with Gasteiger partial charge in [0.1, 0.15) is 34.6 Å². The number of likely N-dealkylation sites (N-methyl/N-ethyl adjacent to an activating group) is 1. The number of aromatic nitrogens is 3. The van der Waals surface area contributed by atoms with Gasteiger partial charge in [-0.05, 0) is 75.5 Å². The number of methoxy groups -OCH3 is 2. The molecule has 2 aromatic heterocycles. The van der Waals surface area contributed by atoms with Crippen molar-refractivity contribution in [2.24, 2.45) is 0 Å². The molecule has 0 aliphatic heterocycles. The minimum absolute atomic E-state index is 0.0293. The molecule has 1 saturated carbocycles. The lowest BCUT2D eigenvalue weighted by molar-refractivity contribution is -0.137. The second-order valence-electron chi connectivity index (χ2n) is 11.9. The van der Waals surface area contributed by atoms with Gasteiger partial charge in [-0.15, -0.1) is 0 Å². The van der Waals surface area contributed by atoms with E-state index in [0.29, 0.717) is 47.5 Å². The zero-order valence-corrected chi connectivity index (χ0v) is 28.1. The highest BCUT2D eigenvalue weighted by Gasteiger charge is 2.37. The van der Waals surface area contributed by atoms with Crippen LogP contribution in [-0.2, 0) is 22.7 Å². The summed E-state index contributed by atoms with van der Waals surface area (Å²) in [7, 11) is 2.64. The van der Waals surface area contributed by atoms with E-state index in [9.17, 15) is 21.6 Å². The van der Waals surface area contributed by atoms with E-state index in [4.69, 9.17) is 14.2 Å². The van der Waals surface area contributed by atoms with Gasteiger partial charge < -0.3 is 19.1 Å². The summed E-state index contributed by atoms with van der Waals surface area (Å²) in [6.45, 7) is 1.57. The molecular formula is C34H38F3N5O5S. The van der Waals surface area contributed by atoms with E-state index in [0.717, 1.165) is 6.07 Å². The van der Waals surface area contributed by atoms with Crippen LogP contribution in [-0.4, -0.2) is 68.7 Å². The van der Waals surface area contributed by atoms with Crippen LogP contribution in [0.25, 0.3) is 0 Å². The summed E-state index contributed by atoms with van der Waals surface area (Å²) in [5, 5.41) is 0. The third kappa shape index (κ3) is 7.65. The molecule has 2 aromatic carbocycles. The molecule has 0 amide bonds. The molecule has 2 heterocycles. The number of anilines is 1. The van der Waals surface area contributed by atoms with Gasteiger partial charge >= 0.3 is 6.18 Å². The Kier molecular flexibility index (Phi) is 10.4. The Hall–Kier alpha value is -4.43. The highest BCUT2D eigenvalue weighted by atomic mass is 32.2. The molecule has 14 heteroatoms. The first-order valence-electron chi connectivity index (χ1n) is 15.3. The predicted molar refractivity (Wildman–Crippen MR) is 174 cm³/mol. The van der Waals surface area contributed by atoms with Crippen molar-refractivity contribution in [1.82, 2.24) is 19.9 Å². The Morgan fingerprint density at radius 2 is 1.77 bits per heavy atom. The van der Waals surface area contributed by atoms with E-state index in [-0.39, 0.29) is 41.2 Å². The van der Waals surface area contributed by atoms with Crippen molar-refractivity contribution >= 4 is 15.8 Å². The van der Waals surface area contributed by atoms with Crippen LogP contribution in [0.3, 0.4) is 0 Å². The van der Waals surface area contributed by atoms with Crippen LogP contribution < -0.4 is 18.5 Å². The SMILES string of the molecule is COc1ccc(CN(c2ccncn2)S(=O)(=O)c2cnc(O[C@H]3CC[C@H](c4cccc(C(F)(F)F)c4)C[C@@H]3N(C)C)cc2C)c(OC)c1. The fourth-order valence-electron chi connectivity index (χ4n) is 6.06. The smallest absolute Gasteiger partial charge is 0.416 e. The summed E-state index contributed by atoms with van der Waals surface area (Å²) in [4.78, 5) is 14.5. The highest BCUT2D eigenvalue weighted by molar-refractivity contribution is 7.92. The van der Waals surface area contributed by atoms with E-state index < -0.39 is 21.8 Å². The maximum atomic E-state index is 14.2. The molecule has 3 atom stereocenters. The second kappa shape index (κ2) is 14.4. The topological polar surface area (TPSA) is 107 Å². The second-order valence-corrected chi connectivity index (χ2v) is 13.7. The van der Waals surface area contributed by atoms with Crippen molar-refractivity contribution in [3.05, 3.63) is 95.6 Å². The third-order valence-electron chi connectivity index (χ3n) is 8.61. The van der Waals surface area contributed by atoms with Gasteiger partial charge in [-0.2, -0.15) is 13.2 Å². The van der Waals surface area contributed by atoms with Crippen molar-refractivity contribution in [3.63, 3.8) is 0 Å². The minimum Gasteiger partial charge on any atom is -0.497 e. The van der Waals surface area contributed by atoms with Crippen molar-refractivity contribution in [2.75, 3.05) is 32.6 Å². The van der Waals surface area contributed by atoms with Crippen LogP contribution in [0.1, 0.15) is 47.4 Å². The molecule has 4 aromatic rings. The van der Waals surface area contributed by atoms with Gasteiger partial charge in [0.05, 0.1) is 32.5 Å². The summed E-state index contributed by atoms with van der Waals surface area (Å²) in [6, 6.07) is 13.6. The first-order chi connectivity index (χ1) is 22.8. The average molecular weight is 686 g/mol. The molecule has 10 nitrogen and oxygen atoms in total. The number of pyridine rings is 1. The lowest BCUT2D eigenvalue weighted by atomic mass is 9.79. The number of sulfonamides is 1. The van der Waals surface area contributed by atoms with Crippen LogP contribution >= 0.6 is 0 Å². The van der Waals surface area contributed by atoms with E-state index in [2.05, 4.69) is 15.0 Å². The van der Waals surface area contributed by atoms with Crippen LogP contribution in [0.5, 0.6) is 17.4 Å². The molecule has 256 valence electrons. The molecule has 0 N–H and O–H groups in total. The molecule has 0 unspecified atom stereocenters. The van der Waals surface area contributed by atoms with Crippen molar-refractivity contribution in [2.45, 2.75) is 61.9 Å². The fourth-order valence-corrected chi connectivity index (χ4v) is 7.61. The van der Waals surface area contributed by atoms with Gasteiger partial charge in [-0.25, -0.2) is 27.7 Å². The minimum atomic E-state index is -4.41. The van der Waals surface area contributed by atoms with Gasteiger partial charge in [0.15, 0.2) is 0 Å². The average Bonchev–Trinajstić information content (AvgIpc) is 3.07. The Morgan fingerprint density at radius 3 is 2.42 bits per heavy atom. The fraction of sp³-hybridized carbons (Fsp3) is 0.382. The van der Waals surface area contributed by atoms with E-state index in [1.54, 1.807) is 37.3 Å². The summed E-state index contributed by atoms with van der Waals surface area (Å²) < 4.78 is 86.9. The van der Waals surface area contributed by atoms with Crippen LogP contribution in [0.2, 0.25) is 0 Å². The van der Waals surface area contributed by atoms with E-state index >= 15 is 0 Å². The largest absolute Gasteiger partial charge is 0.497 e. The number of benzene rings is 2. The normalized spacial score (nSPS) is 18.4. The molecule has 0 spiro atoms. The molecule has 0 saturated heterocycles. The van der Waals surface area contributed by atoms with Crippen LogP contribution in [0.15, 0.2) is 78.2 Å². The van der Waals surface area contributed by atoms with Gasteiger partial charge in [0.2, 0.25) is 5.88 Å². The molecule has 1 aliphatic rings. The van der Waals surface area contributed by atoms with Gasteiger partial charge in [0, 0.05) is 36.0 Å². The zero-order valence-electron chi connectivity index (χ0n) is 27.3. The van der Waals surface area contributed by atoms with Gasteiger partial charge in [0.25, 0.3) is 10.0 Å². The van der Waals surface area contributed by atoms with E-state index in [1.807, 2.05) is 19.0 Å². The van der Waals surface area contributed by atoms with Crippen molar-refractivity contribution in [3.8, 4) is 17.4 Å². The molecular weight excluding hydrogens is 647 g/mol. The van der Waals surface area contributed by atoms with Crippen LogP contribution in [0, 0.1) is 6.92 Å². The maximum absolute atomic E-state index is 14.2. The Morgan fingerprint density at radius 1 is 0.979 bits per heavy atom. The highest BCUT2D eigenvalue weighted by Crippen LogP contribution is 2.39. The summed E-state index contributed by atoms with van der Waals surface area (Å²) in [5.41, 5.74) is 0.997. The van der Waals surface area contributed by atoms with Crippen molar-refractivity contribution in [1.29, 1.82) is 0 Å². The number of ether oxygens (including phenoxy) is 3. The Bertz CT molecular complexity index is 1830. The number of hydrogen-bond acceptors (Lipinski definition) is 9. The Labute approximate surface area is 278 Å². The number of nitrogens with zero attached hydrogens (tertiary/aromatic N) is 5. The van der Waals surface area contributed by atoms with Gasteiger partial charge in [-0.3, -0.25) is 0 Å². The summed E-state index contributed by atoms with van der Waals surface area (Å²) >= 11 is 0. The standard InChI is InChI=1S/C34H38F3N5O5S/c1-22-15-33(47-29-12-10-24(17-28(29)41(2)3)23-7-6-8-26(16-23)34(35,36)37)39-19-31(22)48(43,44)42(32-13-14-38-21-40-32)20-25-9-11-27(45-4)18-30(25)46-5/h6-9,11,13-16,18-19,21,24,28-29H,10,12,17,20H2,1-5H3/t24-,28-,29-/m0/s1. The quantitative estimate of drug-likeness (QED) is 0.181. The molecule has 5 rings (SSSR count). The first-order valence-corrected chi connectivity index (χ1v) is 16.7. The van der Waals surface area contributed by atoms with E-state index in [1.165, 1.54) is 55.4 Å². The number of rotatable bonds is 11. The zero-order chi connectivity index (χ0) is 34.6. The predicted octanol–water partition coefficient (Wildman–Crippen LogP) is 6.26. The molecule has 0 radical (unpaired) electrons. The summed E-state index contributed by atoms with van der Waals surface area (Å²) in [5.74, 6) is 1.35. The number of hydrogen-bond donors (Lipinski definition) is 0. The van der Waals surface area contributed by atoms with Crippen LogP contribution in [0.4, 0.5) is 19.0 Å². The molecule has 0 bridgehead atoms.